The van der Waals surface area contributed by atoms with Gasteiger partial charge in [-0.05, 0) is 106 Å². The van der Waals surface area contributed by atoms with Crippen LogP contribution in [0, 0.1) is 17.8 Å². The monoisotopic (exact) mass is 603 g/mol. The molecule has 8 heteroatoms. The van der Waals surface area contributed by atoms with Crippen LogP contribution in [0.2, 0.25) is 0 Å². The van der Waals surface area contributed by atoms with Gasteiger partial charge >= 0.3 is 0 Å². The van der Waals surface area contributed by atoms with Crippen molar-refractivity contribution in [3.8, 4) is 17.2 Å². The summed E-state index contributed by atoms with van der Waals surface area (Å²) in [5.41, 5.74) is 2.63. The fraction of sp³-hybridized carbons (Fsp3) is 0.486. The van der Waals surface area contributed by atoms with E-state index < -0.39 is 0 Å². The number of anilines is 1. The first-order chi connectivity index (χ1) is 20.9. The van der Waals surface area contributed by atoms with Gasteiger partial charge in [-0.15, -0.1) is 6.58 Å². The first-order valence-corrected chi connectivity index (χ1v) is 16.1. The number of benzene rings is 2. The SMILES string of the molecule is C=C[C@H]1CN2CC[C@H]1C[C@@H]2[C@H](OC(=S)Nc1c(OCC)cccc1OCC)c1ccnc2ccc(OCCC(C)C)cc12. The lowest BCUT2D eigenvalue weighted by Gasteiger charge is -2.51. The summed E-state index contributed by atoms with van der Waals surface area (Å²) in [6.07, 6.45) is 6.85. The smallest absolute Gasteiger partial charge is 0.262 e. The molecule has 0 amide bonds. The zero-order valence-corrected chi connectivity index (χ0v) is 26.7. The number of piperidine rings is 3. The van der Waals surface area contributed by atoms with E-state index in [1.807, 2.05) is 50.4 Å². The predicted octanol–water partition coefficient (Wildman–Crippen LogP) is 7.81. The number of nitrogens with one attached hydrogen (secondary N) is 1. The minimum Gasteiger partial charge on any atom is -0.494 e. The molecule has 2 bridgehead atoms. The quantitative estimate of drug-likeness (QED) is 0.157. The Bertz CT molecular complexity index is 1390. The molecule has 0 radical (unpaired) electrons. The van der Waals surface area contributed by atoms with E-state index in [1.54, 1.807) is 0 Å². The number of para-hydroxylation sites is 1. The zero-order chi connectivity index (χ0) is 30.3. The molecule has 3 aromatic rings. The number of ether oxygens (including phenoxy) is 4. The van der Waals surface area contributed by atoms with Crippen molar-refractivity contribution >= 4 is 34.0 Å². The molecule has 3 fully saturated rings. The molecule has 5 atom stereocenters. The third kappa shape index (κ3) is 7.24. The van der Waals surface area contributed by atoms with Crippen LogP contribution in [0.4, 0.5) is 5.69 Å². The Labute approximate surface area is 261 Å². The second kappa shape index (κ2) is 14.4. The van der Waals surface area contributed by atoms with Crippen molar-refractivity contribution in [2.75, 3.05) is 38.2 Å². The largest absolute Gasteiger partial charge is 0.494 e. The molecule has 1 N–H and O–H groups in total. The van der Waals surface area contributed by atoms with Gasteiger partial charge in [-0.3, -0.25) is 9.88 Å². The number of rotatable bonds is 13. The van der Waals surface area contributed by atoms with E-state index in [-0.39, 0.29) is 17.3 Å². The highest BCUT2D eigenvalue weighted by Gasteiger charge is 2.44. The summed E-state index contributed by atoms with van der Waals surface area (Å²) in [6, 6.07) is 14.1. The Balaban J connectivity index is 1.49. The van der Waals surface area contributed by atoms with Crippen molar-refractivity contribution in [1.29, 1.82) is 0 Å². The lowest BCUT2D eigenvalue weighted by atomic mass is 9.73. The number of aromatic nitrogens is 1. The van der Waals surface area contributed by atoms with Crippen molar-refractivity contribution in [2.24, 2.45) is 17.8 Å². The molecule has 7 nitrogen and oxygen atoms in total. The number of fused-ring (bicyclic) bond motifs is 4. The van der Waals surface area contributed by atoms with E-state index in [9.17, 15) is 0 Å². The van der Waals surface area contributed by atoms with Crippen LogP contribution in [-0.2, 0) is 4.74 Å². The average molecular weight is 604 g/mol. The molecule has 3 aliphatic heterocycles. The summed E-state index contributed by atoms with van der Waals surface area (Å²) >= 11 is 5.91. The van der Waals surface area contributed by atoms with Gasteiger partial charge in [0.15, 0.2) is 0 Å². The number of hydrogen-bond acceptors (Lipinski definition) is 7. The lowest BCUT2D eigenvalue weighted by Crippen LogP contribution is -2.55. The van der Waals surface area contributed by atoms with Crippen LogP contribution in [0.1, 0.15) is 58.6 Å². The minimum atomic E-state index is -0.320. The molecule has 0 spiro atoms. The van der Waals surface area contributed by atoms with Crippen LogP contribution in [0.3, 0.4) is 0 Å². The Kier molecular flexibility index (Phi) is 10.4. The normalized spacial score (nSPS) is 21.8. The number of nitrogens with zero attached hydrogens (tertiary/aromatic N) is 2. The maximum absolute atomic E-state index is 6.80. The van der Waals surface area contributed by atoms with Gasteiger partial charge in [-0.2, -0.15) is 0 Å². The van der Waals surface area contributed by atoms with Crippen molar-refractivity contribution < 1.29 is 18.9 Å². The maximum Gasteiger partial charge on any atom is 0.262 e. The standard InChI is InChI=1S/C35H45N3O4S/c1-6-24-22-38-18-15-25(24)20-30(38)34(42-35(43)37-33-31(39-7-2)10-9-11-32(33)40-8-3)27-14-17-36-29-13-12-26(21-28(27)29)41-19-16-23(4)5/h6,9-14,17,21,23-25,30,34H,1,7-8,15-16,18-20,22H2,2-5H3,(H,37,43)/t24-,25-,30+,34+/m0/s1. The van der Waals surface area contributed by atoms with Crippen LogP contribution in [0.15, 0.2) is 61.3 Å². The molecule has 0 aliphatic carbocycles. The molecule has 1 unspecified atom stereocenters. The maximum atomic E-state index is 6.80. The van der Waals surface area contributed by atoms with Crippen molar-refractivity contribution in [2.45, 2.75) is 59.1 Å². The lowest BCUT2D eigenvalue weighted by molar-refractivity contribution is -0.0386. The number of pyridine rings is 1. The molecule has 0 saturated carbocycles. The van der Waals surface area contributed by atoms with E-state index in [0.717, 1.165) is 48.1 Å². The summed E-state index contributed by atoms with van der Waals surface area (Å²) in [5, 5.41) is 4.63. The molecule has 230 valence electrons. The van der Waals surface area contributed by atoms with Gasteiger partial charge < -0.3 is 24.3 Å². The number of hydrogen-bond donors (Lipinski definition) is 1. The fourth-order valence-corrected chi connectivity index (χ4v) is 6.58. The summed E-state index contributed by atoms with van der Waals surface area (Å²) in [7, 11) is 0. The number of thiocarbonyl (C=S) groups is 1. The van der Waals surface area contributed by atoms with Gasteiger partial charge in [-0.1, -0.05) is 26.0 Å². The average Bonchev–Trinajstić information content (AvgIpc) is 3.01. The van der Waals surface area contributed by atoms with Crippen LogP contribution in [-0.4, -0.2) is 54.0 Å². The topological polar surface area (TPSA) is 65.1 Å². The van der Waals surface area contributed by atoms with Gasteiger partial charge in [0, 0.05) is 23.7 Å². The second-order valence-electron chi connectivity index (χ2n) is 11.8. The predicted molar refractivity (Wildman–Crippen MR) is 177 cm³/mol. The first-order valence-electron chi connectivity index (χ1n) is 15.7. The molecular formula is C35H45N3O4S. The van der Waals surface area contributed by atoms with Gasteiger partial charge in [0.2, 0.25) is 0 Å². The highest BCUT2D eigenvalue weighted by Crippen LogP contribution is 2.44. The second-order valence-corrected chi connectivity index (χ2v) is 12.2. The van der Waals surface area contributed by atoms with E-state index in [2.05, 4.69) is 53.8 Å². The zero-order valence-electron chi connectivity index (χ0n) is 25.9. The molecule has 3 saturated heterocycles. The van der Waals surface area contributed by atoms with Gasteiger partial charge in [-0.25, -0.2) is 0 Å². The van der Waals surface area contributed by atoms with Crippen molar-refractivity contribution in [1.82, 2.24) is 9.88 Å². The summed E-state index contributed by atoms with van der Waals surface area (Å²) in [6.45, 7) is 16.2. The van der Waals surface area contributed by atoms with Gasteiger partial charge in [0.05, 0.1) is 31.4 Å². The molecule has 4 heterocycles. The first kappa shape index (κ1) is 31.1. The molecule has 6 rings (SSSR count). The highest BCUT2D eigenvalue weighted by molar-refractivity contribution is 7.80. The van der Waals surface area contributed by atoms with Crippen molar-refractivity contribution in [3.05, 3.63) is 66.9 Å². The minimum absolute atomic E-state index is 0.152. The van der Waals surface area contributed by atoms with Crippen LogP contribution < -0.4 is 19.5 Å². The molecule has 1 aromatic heterocycles. The third-order valence-electron chi connectivity index (χ3n) is 8.57. The van der Waals surface area contributed by atoms with Crippen LogP contribution in [0.5, 0.6) is 17.2 Å². The molecule has 3 aliphatic rings. The van der Waals surface area contributed by atoms with Gasteiger partial charge in [0.25, 0.3) is 5.17 Å². The van der Waals surface area contributed by atoms with Gasteiger partial charge in [0.1, 0.15) is 29.0 Å². The Morgan fingerprint density at radius 3 is 2.53 bits per heavy atom. The van der Waals surface area contributed by atoms with Crippen LogP contribution >= 0.6 is 12.2 Å². The summed E-state index contributed by atoms with van der Waals surface area (Å²) in [5.74, 6) is 3.83. The molecular weight excluding hydrogens is 558 g/mol. The Hall–Kier alpha value is -3.36. The van der Waals surface area contributed by atoms with E-state index in [1.165, 1.54) is 6.42 Å². The third-order valence-corrected chi connectivity index (χ3v) is 8.77. The van der Waals surface area contributed by atoms with Crippen molar-refractivity contribution in [3.63, 3.8) is 0 Å². The molecule has 43 heavy (non-hydrogen) atoms. The highest BCUT2D eigenvalue weighted by atomic mass is 32.1. The van der Waals surface area contributed by atoms with E-state index >= 15 is 0 Å². The Morgan fingerprint density at radius 1 is 1.12 bits per heavy atom. The van der Waals surface area contributed by atoms with E-state index in [0.29, 0.717) is 54.8 Å². The van der Waals surface area contributed by atoms with E-state index in [4.69, 9.17) is 31.2 Å². The molecule has 2 aromatic carbocycles. The fourth-order valence-electron chi connectivity index (χ4n) is 6.37. The summed E-state index contributed by atoms with van der Waals surface area (Å²) < 4.78 is 24.8. The van der Waals surface area contributed by atoms with Crippen LogP contribution in [0.25, 0.3) is 10.9 Å². The Morgan fingerprint density at radius 2 is 1.88 bits per heavy atom. The summed E-state index contributed by atoms with van der Waals surface area (Å²) in [4.78, 5) is 7.23.